The van der Waals surface area contributed by atoms with Gasteiger partial charge in [0.1, 0.15) is 11.4 Å². The van der Waals surface area contributed by atoms with Gasteiger partial charge in [-0.05, 0) is 36.2 Å². The molecule has 0 N–H and O–H groups in total. The summed E-state index contributed by atoms with van der Waals surface area (Å²) in [4.78, 5) is 4.24. The largest absolute Gasteiger partial charge is 0.433 e. The molecule has 0 radical (unpaired) electrons. The topological polar surface area (TPSA) is 16.1 Å². The Kier molecular flexibility index (Phi) is 5.59. The highest BCUT2D eigenvalue weighted by molar-refractivity contribution is 5.36. The van der Waals surface area contributed by atoms with Crippen molar-refractivity contribution in [1.82, 2.24) is 9.88 Å². The molecule has 1 aliphatic heterocycles. The zero-order valence-electron chi connectivity index (χ0n) is 15.8. The number of hydrogen-bond acceptors (Lipinski definition) is 2. The third-order valence-electron chi connectivity index (χ3n) is 5.40. The molecule has 0 bridgehead atoms. The summed E-state index contributed by atoms with van der Waals surface area (Å²) in [7, 11) is 0. The van der Waals surface area contributed by atoms with E-state index in [4.69, 9.17) is 0 Å². The van der Waals surface area contributed by atoms with Crippen LogP contribution in [0.2, 0.25) is 0 Å². The molecular formula is C20H18F8N2. The predicted octanol–water partition coefficient (Wildman–Crippen LogP) is 5.92. The quantitative estimate of drug-likeness (QED) is 0.551. The number of likely N-dealkylation sites (tertiary alicyclic amines) is 1. The number of aromatic nitrogens is 1. The fourth-order valence-electron chi connectivity index (χ4n) is 3.81. The van der Waals surface area contributed by atoms with Crippen LogP contribution in [0, 0.1) is 0 Å². The number of benzene rings is 1. The van der Waals surface area contributed by atoms with Crippen LogP contribution < -0.4 is 0 Å². The van der Waals surface area contributed by atoms with Crippen LogP contribution in [0.25, 0.3) is 0 Å². The predicted molar refractivity (Wildman–Crippen MR) is 92.9 cm³/mol. The number of halogens is 8. The summed E-state index contributed by atoms with van der Waals surface area (Å²) in [5, 5.41) is 0. The van der Waals surface area contributed by atoms with Crippen LogP contribution in [-0.4, -0.2) is 28.9 Å². The van der Waals surface area contributed by atoms with Crippen molar-refractivity contribution in [2.45, 2.75) is 43.6 Å². The molecule has 2 nitrogen and oxygen atoms in total. The molecule has 2 aromatic rings. The van der Waals surface area contributed by atoms with Crippen molar-refractivity contribution in [2.75, 3.05) is 13.1 Å². The molecule has 1 saturated heterocycles. The first-order chi connectivity index (χ1) is 13.7. The summed E-state index contributed by atoms with van der Waals surface area (Å²) in [6, 6.07) is 9.44. The molecule has 30 heavy (non-hydrogen) atoms. The second-order valence-electron chi connectivity index (χ2n) is 7.54. The van der Waals surface area contributed by atoms with E-state index in [1.165, 1.54) is 0 Å². The molecule has 1 unspecified atom stereocenters. The van der Waals surface area contributed by atoms with Crippen LogP contribution in [-0.2, 0) is 24.3 Å². The van der Waals surface area contributed by atoms with E-state index in [-0.39, 0.29) is 26.1 Å². The fraction of sp³-hybridized carbons (Fsp3) is 0.450. The zero-order chi connectivity index (χ0) is 22.4. The Morgan fingerprint density at radius 2 is 1.43 bits per heavy atom. The Morgan fingerprint density at radius 1 is 0.900 bits per heavy atom. The smallest absolute Gasteiger partial charge is 0.298 e. The minimum Gasteiger partial charge on any atom is -0.298 e. The van der Waals surface area contributed by atoms with Crippen molar-refractivity contribution < 1.29 is 35.1 Å². The fourth-order valence-corrected chi connectivity index (χ4v) is 3.81. The van der Waals surface area contributed by atoms with Crippen LogP contribution >= 0.6 is 0 Å². The van der Waals surface area contributed by atoms with E-state index in [9.17, 15) is 35.1 Å². The standard InChI is InChI=1S/C20H18F8N2/c1-17(21,22)18(7-8-30(12-18)11-13-5-3-2-4-6-13)14-9-15(19(23,24)25)29-16(10-14)20(26,27)28/h2-6,9-10H,7-8,11-12H2,1H3. The molecule has 1 atom stereocenters. The Labute approximate surface area is 167 Å². The summed E-state index contributed by atoms with van der Waals surface area (Å²) in [6.45, 7) is 0.495. The van der Waals surface area contributed by atoms with Gasteiger partial charge >= 0.3 is 12.4 Å². The highest BCUT2D eigenvalue weighted by Gasteiger charge is 2.56. The van der Waals surface area contributed by atoms with E-state index in [2.05, 4.69) is 4.98 Å². The number of rotatable bonds is 4. The number of pyridine rings is 1. The summed E-state index contributed by atoms with van der Waals surface area (Å²) < 4.78 is 109. The van der Waals surface area contributed by atoms with Crippen molar-refractivity contribution >= 4 is 0 Å². The Bertz CT molecular complexity index is 854. The average Bonchev–Trinajstić information content (AvgIpc) is 3.06. The lowest BCUT2D eigenvalue weighted by molar-refractivity contribution is -0.150. The SMILES string of the molecule is CC(F)(F)C1(c2cc(C(F)(F)F)nc(C(F)(F)F)c2)CCN(Cc2ccccc2)C1. The normalized spacial score (nSPS) is 21.2. The van der Waals surface area contributed by atoms with Crippen LogP contribution in [0.1, 0.15) is 35.9 Å². The summed E-state index contributed by atoms with van der Waals surface area (Å²) >= 11 is 0. The third-order valence-corrected chi connectivity index (χ3v) is 5.40. The minimum absolute atomic E-state index is 0.101. The first kappa shape index (κ1) is 22.5. The number of alkyl halides is 8. The first-order valence-electron chi connectivity index (χ1n) is 9.03. The Balaban J connectivity index is 2.07. The van der Waals surface area contributed by atoms with Gasteiger partial charge in [0.25, 0.3) is 5.92 Å². The average molecular weight is 438 g/mol. The molecule has 1 aromatic carbocycles. The van der Waals surface area contributed by atoms with Gasteiger partial charge in [0.2, 0.25) is 0 Å². The Hall–Kier alpha value is -2.23. The molecule has 3 rings (SSSR count). The van der Waals surface area contributed by atoms with E-state index in [1.807, 2.05) is 0 Å². The van der Waals surface area contributed by atoms with Gasteiger partial charge < -0.3 is 0 Å². The van der Waals surface area contributed by atoms with Gasteiger partial charge in [-0.1, -0.05) is 30.3 Å². The molecule has 164 valence electrons. The van der Waals surface area contributed by atoms with Crippen molar-refractivity contribution in [1.29, 1.82) is 0 Å². The van der Waals surface area contributed by atoms with Crippen LogP contribution in [0.3, 0.4) is 0 Å². The molecular weight excluding hydrogens is 420 g/mol. The lowest BCUT2D eigenvalue weighted by Gasteiger charge is -2.36. The van der Waals surface area contributed by atoms with Gasteiger partial charge in [0.05, 0.1) is 5.41 Å². The highest BCUT2D eigenvalue weighted by Crippen LogP contribution is 2.48. The van der Waals surface area contributed by atoms with Crippen LogP contribution in [0.4, 0.5) is 35.1 Å². The van der Waals surface area contributed by atoms with Gasteiger partial charge in [-0.2, -0.15) is 26.3 Å². The summed E-state index contributed by atoms with van der Waals surface area (Å²) in [6.07, 6.45) is -10.7. The van der Waals surface area contributed by atoms with E-state index < -0.39 is 40.6 Å². The van der Waals surface area contributed by atoms with Gasteiger partial charge in [-0.25, -0.2) is 13.8 Å². The molecule has 1 fully saturated rings. The maximum atomic E-state index is 14.7. The van der Waals surface area contributed by atoms with E-state index >= 15 is 0 Å². The summed E-state index contributed by atoms with van der Waals surface area (Å²) in [5.41, 5.74) is -5.78. The van der Waals surface area contributed by atoms with Crippen molar-refractivity contribution in [2.24, 2.45) is 0 Å². The molecule has 2 heterocycles. The summed E-state index contributed by atoms with van der Waals surface area (Å²) in [5.74, 6) is -3.56. The molecule has 0 spiro atoms. The van der Waals surface area contributed by atoms with Gasteiger partial charge in [0, 0.05) is 20.0 Å². The lowest BCUT2D eigenvalue weighted by atomic mass is 9.74. The van der Waals surface area contributed by atoms with Gasteiger partial charge in [-0.15, -0.1) is 0 Å². The number of nitrogens with zero attached hydrogens (tertiary/aromatic N) is 2. The molecule has 0 amide bonds. The van der Waals surface area contributed by atoms with Crippen LogP contribution in [0.5, 0.6) is 0 Å². The number of hydrogen-bond donors (Lipinski definition) is 0. The van der Waals surface area contributed by atoms with Gasteiger partial charge in [-0.3, -0.25) is 4.90 Å². The van der Waals surface area contributed by atoms with Crippen molar-refractivity contribution in [3.63, 3.8) is 0 Å². The maximum absolute atomic E-state index is 14.7. The second-order valence-corrected chi connectivity index (χ2v) is 7.54. The third kappa shape index (κ3) is 4.43. The van der Waals surface area contributed by atoms with Crippen LogP contribution in [0.15, 0.2) is 42.5 Å². The molecule has 1 aliphatic rings. The maximum Gasteiger partial charge on any atom is 0.433 e. The first-order valence-corrected chi connectivity index (χ1v) is 9.03. The molecule has 0 saturated carbocycles. The van der Waals surface area contributed by atoms with Crippen molar-refractivity contribution in [3.8, 4) is 0 Å². The van der Waals surface area contributed by atoms with Gasteiger partial charge in [0.15, 0.2) is 0 Å². The molecule has 0 aliphatic carbocycles. The Morgan fingerprint density at radius 3 is 1.90 bits per heavy atom. The van der Waals surface area contributed by atoms with E-state index in [1.54, 1.807) is 35.2 Å². The molecule has 10 heteroatoms. The van der Waals surface area contributed by atoms with E-state index in [0.717, 1.165) is 5.56 Å². The lowest BCUT2D eigenvalue weighted by Crippen LogP contribution is -2.46. The monoisotopic (exact) mass is 438 g/mol. The van der Waals surface area contributed by atoms with Crippen molar-refractivity contribution in [3.05, 3.63) is 65.0 Å². The minimum atomic E-state index is -5.21. The highest BCUT2D eigenvalue weighted by atomic mass is 19.4. The molecule has 1 aromatic heterocycles. The van der Waals surface area contributed by atoms with E-state index in [0.29, 0.717) is 19.1 Å². The second kappa shape index (κ2) is 7.47. The zero-order valence-corrected chi connectivity index (χ0v) is 15.8.